The maximum atomic E-state index is 10.8. The van der Waals surface area contributed by atoms with Gasteiger partial charge in [0.15, 0.2) is 0 Å². The van der Waals surface area contributed by atoms with Gasteiger partial charge in [-0.05, 0) is 6.42 Å². The number of hydrogen-bond acceptors (Lipinski definition) is 2. The number of nitrogens with zero attached hydrogens (tertiary/aromatic N) is 1. The van der Waals surface area contributed by atoms with Gasteiger partial charge in [0.1, 0.15) is 0 Å². The number of carboxylic acid groups (broad SMARTS) is 1. The van der Waals surface area contributed by atoms with E-state index in [4.69, 9.17) is 5.11 Å². The van der Waals surface area contributed by atoms with Gasteiger partial charge in [-0.1, -0.05) is 32.8 Å². The minimum Gasteiger partial charge on any atom is -0.478 e. The molecule has 1 N–H and O–H groups in total. The van der Waals surface area contributed by atoms with Gasteiger partial charge in [0, 0.05) is 24.7 Å². The topological polar surface area (TPSA) is 40.3 Å². The molecule has 1 aliphatic rings. The highest BCUT2D eigenvalue weighted by Gasteiger charge is 2.31. The third-order valence-electron chi connectivity index (χ3n) is 2.68. The van der Waals surface area contributed by atoms with Crippen LogP contribution in [0.4, 0.5) is 0 Å². The molecular formula is C11H19NO2. The first-order valence-electron chi connectivity index (χ1n) is 5.33. The largest absolute Gasteiger partial charge is 0.478 e. The third-order valence-corrected chi connectivity index (χ3v) is 2.68. The van der Waals surface area contributed by atoms with Crippen molar-refractivity contribution in [1.82, 2.24) is 4.90 Å². The molecule has 1 heterocycles. The molecule has 0 bridgehead atoms. The molecule has 0 amide bonds. The highest BCUT2D eigenvalue weighted by molar-refractivity contribution is 5.87. The van der Waals surface area contributed by atoms with Gasteiger partial charge >= 0.3 is 5.97 Å². The fourth-order valence-electron chi connectivity index (χ4n) is 1.68. The Morgan fingerprint density at radius 1 is 1.50 bits per heavy atom. The van der Waals surface area contributed by atoms with Crippen LogP contribution >= 0.6 is 0 Å². The van der Waals surface area contributed by atoms with Crippen LogP contribution in [0.2, 0.25) is 0 Å². The lowest BCUT2D eigenvalue weighted by Gasteiger charge is -2.17. The van der Waals surface area contributed by atoms with E-state index >= 15 is 0 Å². The van der Waals surface area contributed by atoms with E-state index in [-0.39, 0.29) is 6.04 Å². The number of carbonyl (C=O) groups is 1. The number of unbranched alkanes of at least 4 members (excludes halogenated alkanes) is 2. The lowest BCUT2D eigenvalue weighted by molar-refractivity contribution is -0.133. The summed E-state index contributed by atoms with van der Waals surface area (Å²) >= 11 is 0. The van der Waals surface area contributed by atoms with Gasteiger partial charge in [0.2, 0.25) is 0 Å². The van der Waals surface area contributed by atoms with Crippen LogP contribution in [0, 0.1) is 0 Å². The fourth-order valence-corrected chi connectivity index (χ4v) is 1.68. The second-order valence-corrected chi connectivity index (χ2v) is 3.88. The van der Waals surface area contributed by atoms with Crippen LogP contribution in [0.25, 0.3) is 0 Å². The fraction of sp³-hybridized carbons (Fsp3) is 0.727. The summed E-state index contributed by atoms with van der Waals surface area (Å²) in [4.78, 5) is 13.0. The highest BCUT2D eigenvalue weighted by Crippen LogP contribution is 2.22. The summed E-state index contributed by atoms with van der Waals surface area (Å²) in [6, 6.07) is 0.0825. The maximum Gasteiger partial charge on any atom is 0.332 e. The van der Waals surface area contributed by atoms with Crippen LogP contribution in [0.3, 0.4) is 0 Å². The Bertz CT molecular complexity index is 221. The van der Waals surface area contributed by atoms with Crippen LogP contribution in [-0.4, -0.2) is 35.1 Å². The molecule has 1 unspecified atom stereocenters. The zero-order chi connectivity index (χ0) is 10.6. The first-order valence-corrected chi connectivity index (χ1v) is 5.33. The quantitative estimate of drug-likeness (QED) is 0.385. The zero-order valence-corrected chi connectivity index (χ0v) is 8.83. The molecule has 0 spiro atoms. The van der Waals surface area contributed by atoms with Crippen LogP contribution in [0.15, 0.2) is 12.2 Å². The van der Waals surface area contributed by atoms with Gasteiger partial charge in [0.25, 0.3) is 0 Å². The van der Waals surface area contributed by atoms with E-state index in [1.807, 2.05) is 0 Å². The highest BCUT2D eigenvalue weighted by atomic mass is 16.4. The van der Waals surface area contributed by atoms with Crippen LogP contribution in [0.5, 0.6) is 0 Å². The molecule has 1 saturated heterocycles. The Kier molecular flexibility index (Phi) is 4.14. The van der Waals surface area contributed by atoms with Crippen LogP contribution < -0.4 is 0 Å². The molecule has 80 valence electrons. The average molecular weight is 197 g/mol. The van der Waals surface area contributed by atoms with E-state index in [1.54, 1.807) is 0 Å². The van der Waals surface area contributed by atoms with Crippen molar-refractivity contribution in [3.63, 3.8) is 0 Å². The van der Waals surface area contributed by atoms with Gasteiger partial charge in [-0.25, -0.2) is 4.79 Å². The Morgan fingerprint density at radius 2 is 2.14 bits per heavy atom. The number of carboxylic acids is 1. The first kappa shape index (κ1) is 11.2. The number of hydrogen-bond donors (Lipinski definition) is 1. The molecule has 0 aromatic rings. The van der Waals surface area contributed by atoms with Gasteiger partial charge in [-0.3, -0.25) is 4.90 Å². The maximum absolute atomic E-state index is 10.8. The van der Waals surface area contributed by atoms with Gasteiger partial charge in [0.05, 0.1) is 0 Å². The van der Waals surface area contributed by atoms with E-state index in [0.29, 0.717) is 5.57 Å². The van der Waals surface area contributed by atoms with Crippen molar-refractivity contribution in [2.45, 2.75) is 38.6 Å². The predicted molar refractivity (Wildman–Crippen MR) is 56.3 cm³/mol. The van der Waals surface area contributed by atoms with E-state index in [1.165, 1.54) is 12.8 Å². The Balaban J connectivity index is 2.38. The SMILES string of the molecule is C=C(C(=O)O)C(CCCCC)N1CC1. The first-order chi connectivity index (χ1) is 6.66. The van der Waals surface area contributed by atoms with Gasteiger partial charge in [-0.15, -0.1) is 0 Å². The second kappa shape index (κ2) is 5.15. The van der Waals surface area contributed by atoms with E-state index in [0.717, 1.165) is 25.9 Å². The van der Waals surface area contributed by atoms with Crippen molar-refractivity contribution in [3.05, 3.63) is 12.2 Å². The number of aliphatic carboxylic acids is 1. The summed E-state index contributed by atoms with van der Waals surface area (Å²) in [5, 5.41) is 8.86. The normalized spacial score (nSPS) is 17.8. The summed E-state index contributed by atoms with van der Waals surface area (Å²) in [5.41, 5.74) is 0.360. The Morgan fingerprint density at radius 3 is 2.57 bits per heavy atom. The van der Waals surface area contributed by atoms with Crippen molar-refractivity contribution in [1.29, 1.82) is 0 Å². The molecule has 0 radical (unpaired) electrons. The van der Waals surface area contributed by atoms with Crippen molar-refractivity contribution in [2.75, 3.05) is 13.1 Å². The molecule has 1 fully saturated rings. The second-order valence-electron chi connectivity index (χ2n) is 3.88. The average Bonchev–Trinajstić information content (AvgIpc) is 2.95. The summed E-state index contributed by atoms with van der Waals surface area (Å²) < 4.78 is 0. The molecule has 0 aliphatic carbocycles. The summed E-state index contributed by atoms with van der Waals surface area (Å²) in [6.45, 7) is 7.87. The molecule has 1 rings (SSSR count). The minimum absolute atomic E-state index is 0.0825. The van der Waals surface area contributed by atoms with E-state index < -0.39 is 5.97 Å². The molecule has 1 atom stereocenters. The molecule has 0 aromatic heterocycles. The standard InChI is InChI=1S/C11H19NO2/c1-3-4-5-6-10(12-7-8-12)9(2)11(13)14/h10H,2-8H2,1H3,(H,13,14). The molecule has 3 nitrogen and oxygen atoms in total. The van der Waals surface area contributed by atoms with E-state index in [2.05, 4.69) is 18.4 Å². The Labute approximate surface area is 85.4 Å². The van der Waals surface area contributed by atoms with Gasteiger partial charge in [-0.2, -0.15) is 0 Å². The monoisotopic (exact) mass is 197 g/mol. The minimum atomic E-state index is -0.849. The lowest BCUT2D eigenvalue weighted by atomic mass is 10.0. The van der Waals surface area contributed by atoms with Crippen molar-refractivity contribution < 1.29 is 9.90 Å². The molecule has 3 heteroatoms. The molecular weight excluding hydrogens is 178 g/mol. The van der Waals surface area contributed by atoms with Crippen LogP contribution in [0.1, 0.15) is 32.6 Å². The molecule has 0 saturated carbocycles. The summed E-state index contributed by atoms with van der Waals surface area (Å²) in [7, 11) is 0. The van der Waals surface area contributed by atoms with Crippen molar-refractivity contribution in [2.24, 2.45) is 0 Å². The van der Waals surface area contributed by atoms with Crippen LogP contribution in [-0.2, 0) is 4.79 Å². The molecule has 14 heavy (non-hydrogen) atoms. The molecule has 1 aliphatic heterocycles. The van der Waals surface area contributed by atoms with E-state index in [9.17, 15) is 4.79 Å². The third kappa shape index (κ3) is 3.14. The van der Waals surface area contributed by atoms with Crippen molar-refractivity contribution in [3.8, 4) is 0 Å². The Hall–Kier alpha value is -0.830. The summed E-state index contributed by atoms with van der Waals surface area (Å²) in [5.74, 6) is -0.849. The smallest absolute Gasteiger partial charge is 0.332 e. The molecule has 0 aromatic carbocycles. The summed E-state index contributed by atoms with van der Waals surface area (Å²) in [6.07, 6.45) is 4.40. The predicted octanol–water partition coefficient (Wildman–Crippen LogP) is 1.89. The lowest BCUT2D eigenvalue weighted by Crippen LogP contribution is -2.25. The number of rotatable bonds is 7. The van der Waals surface area contributed by atoms with Gasteiger partial charge < -0.3 is 5.11 Å². The van der Waals surface area contributed by atoms with Crippen molar-refractivity contribution >= 4 is 5.97 Å². The zero-order valence-electron chi connectivity index (χ0n) is 8.83.